The Morgan fingerprint density at radius 3 is 2.67 bits per heavy atom. The van der Waals surface area contributed by atoms with Crippen molar-refractivity contribution in [3.05, 3.63) is 11.9 Å². The van der Waals surface area contributed by atoms with E-state index in [9.17, 15) is 0 Å². The fourth-order valence-electron chi connectivity index (χ4n) is 1.96. The molecule has 0 aromatic carbocycles. The number of thiol groups is 1. The highest BCUT2D eigenvalue weighted by molar-refractivity contribution is 7.80. The second kappa shape index (κ2) is 8.57. The number of aryl methyl sites for hydroxylation is 2. The molecule has 1 aromatic rings. The molecular formula is C14H27N3S. The van der Waals surface area contributed by atoms with Crippen LogP contribution in [0.2, 0.25) is 0 Å². The van der Waals surface area contributed by atoms with Gasteiger partial charge in [0.2, 0.25) is 0 Å². The Bertz CT molecular complexity index is 323. The third kappa shape index (κ3) is 5.89. The van der Waals surface area contributed by atoms with E-state index in [0.717, 1.165) is 24.6 Å². The summed E-state index contributed by atoms with van der Waals surface area (Å²) in [6.07, 6.45) is 7.94. The van der Waals surface area contributed by atoms with Crippen LogP contribution < -0.4 is 0 Å². The Hall–Kier alpha value is -0.510. The fourth-order valence-corrected chi connectivity index (χ4v) is 2.14. The van der Waals surface area contributed by atoms with Crippen LogP contribution >= 0.6 is 12.6 Å². The maximum Gasteiger partial charge on any atom is 0.0725 e. The van der Waals surface area contributed by atoms with Gasteiger partial charge in [-0.25, -0.2) is 4.68 Å². The number of nitrogens with zero attached hydrogens (tertiary/aromatic N) is 3. The highest BCUT2D eigenvalue weighted by Crippen LogP contribution is 2.11. The Morgan fingerprint density at radius 1 is 1.22 bits per heavy atom. The molecule has 18 heavy (non-hydrogen) atoms. The minimum absolute atomic E-state index is 0.664. The van der Waals surface area contributed by atoms with Gasteiger partial charge in [0.25, 0.3) is 0 Å². The number of aromatic nitrogens is 3. The molecule has 1 rings (SSSR count). The molecule has 104 valence electrons. The lowest BCUT2D eigenvalue weighted by atomic mass is 10.1. The van der Waals surface area contributed by atoms with Crippen molar-refractivity contribution in [1.82, 2.24) is 15.0 Å². The monoisotopic (exact) mass is 269 g/mol. The van der Waals surface area contributed by atoms with Gasteiger partial charge in [0.1, 0.15) is 0 Å². The molecule has 0 aliphatic rings. The van der Waals surface area contributed by atoms with Crippen LogP contribution in [0.15, 0.2) is 6.20 Å². The van der Waals surface area contributed by atoms with Crippen LogP contribution in [0.25, 0.3) is 0 Å². The normalized spacial score (nSPS) is 13.2. The van der Waals surface area contributed by atoms with Crippen molar-refractivity contribution in [3.63, 3.8) is 0 Å². The Morgan fingerprint density at radius 2 is 2.00 bits per heavy atom. The lowest BCUT2D eigenvalue weighted by Crippen LogP contribution is -2.08. The number of hydrogen-bond acceptors (Lipinski definition) is 3. The van der Waals surface area contributed by atoms with Gasteiger partial charge in [-0.1, -0.05) is 38.8 Å². The summed E-state index contributed by atoms with van der Waals surface area (Å²) in [7, 11) is 0. The van der Waals surface area contributed by atoms with Crippen LogP contribution in [-0.2, 0) is 13.0 Å². The van der Waals surface area contributed by atoms with Crippen LogP contribution in [0.4, 0.5) is 0 Å². The third-order valence-electron chi connectivity index (χ3n) is 3.30. The minimum atomic E-state index is 0.664. The predicted molar refractivity (Wildman–Crippen MR) is 80.0 cm³/mol. The Kier molecular flexibility index (Phi) is 7.40. The molecule has 0 radical (unpaired) electrons. The van der Waals surface area contributed by atoms with E-state index < -0.39 is 0 Å². The number of unbranched alkanes of at least 4 members (excludes halogenated alkanes) is 1. The molecule has 0 saturated carbocycles. The maximum atomic E-state index is 4.32. The van der Waals surface area contributed by atoms with Crippen molar-refractivity contribution in [1.29, 1.82) is 0 Å². The highest BCUT2D eigenvalue weighted by Gasteiger charge is 2.06. The summed E-state index contributed by atoms with van der Waals surface area (Å²) in [5.41, 5.74) is 1.27. The van der Waals surface area contributed by atoms with Gasteiger partial charge in [-0.3, -0.25) is 0 Å². The molecule has 1 atom stereocenters. The maximum absolute atomic E-state index is 4.32. The fraction of sp³-hybridized carbons (Fsp3) is 0.857. The van der Waals surface area contributed by atoms with Gasteiger partial charge in [-0.05, 0) is 36.9 Å². The molecule has 0 aliphatic carbocycles. The largest absolute Gasteiger partial charge is 0.249 e. The second-order valence-corrected chi connectivity index (χ2v) is 6.03. The Balaban J connectivity index is 2.31. The molecule has 0 amide bonds. The van der Waals surface area contributed by atoms with Gasteiger partial charge in [0.15, 0.2) is 0 Å². The first-order chi connectivity index (χ1) is 8.63. The van der Waals surface area contributed by atoms with E-state index in [4.69, 9.17) is 0 Å². The number of hydrogen-bond donors (Lipinski definition) is 1. The minimum Gasteiger partial charge on any atom is -0.249 e. The van der Waals surface area contributed by atoms with E-state index >= 15 is 0 Å². The standard InChI is InChI=1S/C14H27N3S/c1-12(2)6-4-5-9-17-14(10-15-16-17)8-7-13(3)11-18/h10,12-13,18H,4-9,11H2,1-3H3. The smallest absolute Gasteiger partial charge is 0.0725 e. The van der Waals surface area contributed by atoms with Crippen LogP contribution in [0.3, 0.4) is 0 Å². The topological polar surface area (TPSA) is 30.7 Å². The van der Waals surface area contributed by atoms with Crippen molar-refractivity contribution in [2.45, 2.75) is 59.4 Å². The van der Waals surface area contributed by atoms with Crippen molar-refractivity contribution in [2.24, 2.45) is 11.8 Å². The van der Waals surface area contributed by atoms with Crippen LogP contribution in [0.5, 0.6) is 0 Å². The molecule has 0 spiro atoms. The van der Waals surface area contributed by atoms with E-state index in [2.05, 4.69) is 48.4 Å². The zero-order valence-electron chi connectivity index (χ0n) is 12.0. The molecule has 1 aromatic heterocycles. The van der Waals surface area contributed by atoms with Gasteiger partial charge in [0.05, 0.1) is 11.9 Å². The summed E-state index contributed by atoms with van der Waals surface area (Å²) in [6, 6.07) is 0. The third-order valence-corrected chi connectivity index (χ3v) is 3.93. The van der Waals surface area contributed by atoms with Gasteiger partial charge < -0.3 is 0 Å². The molecule has 3 nitrogen and oxygen atoms in total. The summed E-state index contributed by atoms with van der Waals surface area (Å²) in [6.45, 7) is 7.81. The summed E-state index contributed by atoms with van der Waals surface area (Å²) >= 11 is 4.32. The molecule has 1 heterocycles. The molecule has 0 aliphatic heterocycles. The lowest BCUT2D eigenvalue weighted by molar-refractivity contribution is 0.470. The van der Waals surface area contributed by atoms with Crippen molar-refractivity contribution in [3.8, 4) is 0 Å². The highest BCUT2D eigenvalue weighted by atomic mass is 32.1. The molecule has 0 saturated heterocycles. The summed E-state index contributed by atoms with van der Waals surface area (Å²) in [4.78, 5) is 0. The van der Waals surface area contributed by atoms with Crippen molar-refractivity contribution >= 4 is 12.6 Å². The van der Waals surface area contributed by atoms with E-state index in [1.54, 1.807) is 0 Å². The van der Waals surface area contributed by atoms with Crippen LogP contribution in [-0.4, -0.2) is 20.7 Å². The molecule has 4 heteroatoms. The average molecular weight is 269 g/mol. The predicted octanol–water partition coefficient (Wildman–Crippen LogP) is 3.60. The summed E-state index contributed by atoms with van der Waals surface area (Å²) < 4.78 is 2.07. The van der Waals surface area contributed by atoms with E-state index in [-0.39, 0.29) is 0 Å². The molecule has 0 fully saturated rings. The molecule has 0 bridgehead atoms. The molecule has 1 unspecified atom stereocenters. The van der Waals surface area contributed by atoms with Crippen LogP contribution in [0.1, 0.15) is 52.1 Å². The average Bonchev–Trinajstić information content (AvgIpc) is 2.79. The van der Waals surface area contributed by atoms with Gasteiger partial charge >= 0.3 is 0 Å². The molecule has 0 N–H and O–H groups in total. The zero-order chi connectivity index (χ0) is 13.4. The van der Waals surface area contributed by atoms with E-state index in [1.165, 1.54) is 31.4 Å². The van der Waals surface area contributed by atoms with Crippen LogP contribution in [0, 0.1) is 11.8 Å². The van der Waals surface area contributed by atoms with Crippen molar-refractivity contribution in [2.75, 3.05) is 5.75 Å². The van der Waals surface area contributed by atoms with E-state index in [0.29, 0.717) is 5.92 Å². The summed E-state index contributed by atoms with van der Waals surface area (Å²) in [5.74, 6) is 2.42. The first-order valence-corrected chi connectivity index (χ1v) is 7.75. The van der Waals surface area contributed by atoms with Gasteiger partial charge in [0, 0.05) is 6.54 Å². The first-order valence-electron chi connectivity index (χ1n) is 7.11. The van der Waals surface area contributed by atoms with Crippen molar-refractivity contribution < 1.29 is 0 Å². The SMILES string of the molecule is CC(C)CCCCn1nncc1CCC(C)CS. The van der Waals surface area contributed by atoms with Gasteiger partial charge in [-0.15, -0.1) is 5.10 Å². The van der Waals surface area contributed by atoms with Gasteiger partial charge in [-0.2, -0.15) is 12.6 Å². The Labute approximate surface area is 117 Å². The zero-order valence-corrected chi connectivity index (χ0v) is 12.9. The molecular weight excluding hydrogens is 242 g/mol. The lowest BCUT2D eigenvalue weighted by Gasteiger charge is -2.09. The summed E-state index contributed by atoms with van der Waals surface area (Å²) in [5, 5.41) is 8.22. The first kappa shape index (κ1) is 15.5. The van der Waals surface area contributed by atoms with E-state index in [1.807, 2.05) is 6.20 Å². The quantitative estimate of drug-likeness (QED) is 0.548. The number of rotatable bonds is 9. The second-order valence-electron chi connectivity index (χ2n) is 5.66.